The first kappa shape index (κ1) is 40.1. The second kappa shape index (κ2) is 15.4. The van der Waals surface area contributed by atoms with Crippen molar-refractivity contribution in [3.05, 3.63) is 236 Å². The zero-order chi connectivity index (χ0) is 43.3. The van der Waals surface area contributed by atoms with Gasteiger partial charge in [-0.25, -0.2) is 4.98 Å². The summed E-state index contributed by atoms with van der Waals surface area (Å²) in [6.45, 7) is 4.72. The molecule has 4 aromatic heterocycles. The van der Waals surface area contributed by atoms with Gasteiger partial charge in [0.1, 0.15) is 13.7 Å². The van der Waals surface area contributed by atoms with Gasteiger partial charge in [0, 0.05) is 46.0 Å². The molecular formula is C59H41N5PdSi. The van der Waals surface area contributed by atoms with Gasteiger partial charge < -0.3 is 13.9 Å². The van der Waals surface area contributed by atoms with Crippen molar-refractivity contribution in [1.29, 1.82) is 0 Å². The Labute approximate surface area is 397 Å². The summed E-state index contributed by atoms with van der Waals surface area (Å²) in [4.78, 5) is 12.5. The van der Waals surface area contributed by atoms with Gasteiger partial charge in [0.15, 0.2) is 0 Å². The van der Waals surface area contributed by atoms with E-state index in [2.05, 4.69) is 240 Å². The molecule has 8 aromatic carbocycles. The Morgan fingerprint density at radius 2 is 1.15 bits per heavy atom. The van der Waals surface area contributed by atoms with Crippen LogP contribution in [-0.2, 0) is 25.8 Å². The van der Waals surface area contributed by atoms with E-state index in [1.165, 1.54) is 38.3 Å². The van der Waals surface area contributed by atoms with Crippen molar-refractivity contribution >= 4 is 95.1 Å². The van der Waals surface area contributed by atoms with Crippen LogP contribution in [0.15, 0.2) is 213 Å². The number of rotatable bonds is 6. The van der Waals surface area contributed by atoms with Crippen molar-refractivity contribution < 1.29 is 20.4 Å². The number of nitrogens with zero attached hydrogens (tertiary/aromatic N) is 5. The second-order valence-corrected chi connectivity index (χ2v) is 21.4. The van der Waals surface area contributed by atoms with E-state index in [0.29, 0.717) is 0 Å². The number of anilines is 3. The van der Waals surface area contributed by atoms with Gasteiger partial charge in [-0.1, -0.05) is 140 Å². The van der Waals surface area contributed by atoms with E-state index in [9.17, 15) is 0 Å². The third-order valence-electron chi connectivity index (χ3n) is 13.9. The number of pyridine rings is 2. The van der Waals surface area contributed by atoms with Crippen LogP contribution in [0.3, 0.4) is 0 Å². The molecule has 7 heteroatoms. The van der Waals surface area contributed by atoms with Crippen LogP contribution in [-0.4, -0.2) is 27.0 Å². The van der Waals surface area contributed by atoms with E-state index in [0.717, 1.165) is 65.6 Å². The standard InChI is InChI=1S/C59H41N5Si.Pd/c1-59(2)51-28-13-15-30-54(51)63(40-18-6-3-7-19-40)56-38-49-48-27-17-33-60-58(48)64(55(49)39-52(56)59)41-20-16-25-44(36-41)65(42-21-8-4-9-22-42,43-23-10-5-11-24-43)45-31-32-46-47-26-12-14-29-53(47)62-35-34-61-57(62)50(46)37-45;/h3-35,38-39H,1-2H3;/q-2;+2. The van der Waals surface area contributed by atoms with Crippen molar-refractivity contribution in [3.8, 4) is 5.69 Å². The van der Waals surface area contributed by atoms with Crippen molar-refractivity contribution in [2.45, 2.75) is 19.3 Å². The SMILES string of the molecule is CC1(C)c2ccccc2N(c2ccccc2)c2cc3c4cccnc4n(-c4[c-]c([Si](c5[c-]c6c(cc5)c5ccccc5n5ccnc65)(c5ccccc5)c5ccccc5)ccc4)c3cc21.[Pd+2]. The van der Waals surface area contributed by atoms with Gasteiger partial charge in [-0.2, -0.15) is 23.4 Å². The van der Waals surface area contributed by atoms with E-state index in [1.807, 2.05) is 12.4 Å². The summed E-state index contributed by atoms with van der Waals surface area (Å²) < 4.78 is 4.54. The molecule has 66 heavy (non-hydrogen) atoms. The minimum absolute atomic E-state index is 0. The summed E-state index contributed by atoms with van der Waals surface area (Å²) in [7, 11) is -3.15. The molecule has 316 valence electrons. The fourth-order valence-corrected chi connectivity index (χ4v) is 15.5. The molecule has 12 aromatic rings. The minimum Gasteiger partial charge on any atom is -0.340 e. The summed E-state index contributed by atoms with van der Waals surface area (Å²) in [6.07, 6.45) is 5.87. The quantitative estimate of drug-likeness (QED) is 0.0721. The topological polar surface area (TPSA) is 38.4 Å². The van der Waals surface area contributed by atoms with Crippen molar-refractivity contribution in [2.75, 3.05) is 4.90 Å². The maximum Gasteiger partial charge on any atom is 2.00 e. The van der Waals surface area contributed by atoms with Crippen molar-refractivity contribution in [3.63, 3.8) is 0 Å². The predicted octanol–water partition coefficient (Wildman–Crippen LogP) is 11.2. The molecule has 0 saturated heterocycles. The average Bonchev–Trinajstić information content (AvgIpc) is 3.99. The van der Waals surface area contributed by atoms with Gasteiger partial charge >= 0.3 is 20.4 Å². The molecule has 0 atom stereocenters. The predicted molar refractivity (Wildman–Crippen MR) is 270 cm³/mol. The third-order valence-corrected chi connectivity index (χ3v) is 18.5. The van der Waals surface area contributed by atoms with E-state index in [-0.39, 0.29) is 25.8 Å². The smallest absolute Gasteiger partial charge is 0.340 e. The molecule has 0 fully saturated rings. The fourth-order valence-electron chi connectivity index (χ4n) is 11.0. The zero-order valence-electron chi connectivity index (χ0n) is 36.3. The number of hydrogen-bond acceptors (Lipinski definition) is 3. The maximum absolute atomic E-state index is 5.15. The van der Waals surface area contributed by atoms with Gasteiger partial charge in [0.05, 0.1) is 22.5 Å². The van der Waals surface area contributed by atoms with Crippen LogP contribution in [0.25, 0.3) is 54.9 Å². The van der Waals surface area contributed by atoms with Gasteiger partial charge in [-0.15, -0.1) is 34.8 Å². The molecule has 5 heterocycles. The summed E-state index contributed by atoms with van der Waals surface area (Å²) in [5.41, 5.74) is 10.8. The Morgan fingerprint density at radius 3 is 1.94 bits per heavy atom. The Hall–Kier alpha value is -7.40. The molecule has 0 spiro atoms. The summed E-state index contributed by atoms with van der Waals surface area (Å²) in [5, 5.41) is 10.4. The fraction of sp³-hybridized carbons (Fsp3) is 0.0508. The number of hydrogen-bond donors (Lipinski definition) is 0. The number of aromatic nitrogens is 4. The molecule has 5 nitrogen and oxygen atoms in total. The largest absolute Gasteiger partial charge is 2.00 e. The molecule has 0 saturated carbocycles. The first-order valence-electron chi connectivity index (χ1n) is 22.2. The third kappa shape index (κ3) is 5.74. The Bertz CT molecular complexity index is 3780. The van der Waals surface area contributed by atoms with E-state index >= 15 is 0 Å². The van der Waals surface area contributed by atoms with E-state index in [1.54, 1.807) is 0 Å². The van der Waals surface area contributed by atoms with Gasteiger partial charge in [0.25, 0.3) is 0 Å². The normalized spacial score (nSPS) is 13.3. The Balaban J connectivity index is 0.00000456. The van der Waals surface area contributed by atoms with Crippen LogP contribution in [0.1, 0.15) is 25.0 Å². The molecule has 0 amide bonds. The first-order valence-corrected chi connectivity index (χ1v) is 24.2. The van der Waals surface area contributed by atoms with Crippen LogP contribution in [0.2, 0.25) is 0 Å². The van der Waals surface area contributed by atoms with Gasteiger partial charge in [-0.05, 0) is 75.4 Å². The zero-order valence-corrected chi connectivity index (χ0v) is 38.8. The molecule has 0 radical (unpaired) electrons. The molecule has 0 unspecified atom stereocenters. The molecule has 1 aliphatic rings. The monoisotopic (exact) mass is 953 g/mol. The second-order valence-electron chi connectivity index (χ2n) is 17.6. The van der Waals surface area contributed by atoms with Crippen molar-refractivity contribution in [1.82, 2.24) is 18.9 Å². The number of imidazole rings is 1. The number of fused-ring (bicyclic) bond motifs is 11. The number of para-hydroxylation sites is 3. The maximum atomic E-state index is 5.15. The first-order chi connectivity index (χ1) is 32.0. The van der Waals surface area contributed by atoms with Crippen LogP contribution in [0.5, 0.6) is 0 Å². The average molecular weight is 955 g/mol. The summed E-state index contributed by atoms with van der Waals surface area (Å²) >= 11 is 0. The molecule has 13 rings (SSSR count). The Kier molecular flexibility index (Phi) is 9.34. The number of benzene rings is 8. The van der Waals surface area contributed by atoms with Crippen LogP contribution >= 0.6 is 0 Å². The molecule has 0 N–H and O–H groups in total. The van der Waals surface area contributed by atoms with Crippen molar-refractivity contribution in [2.24, 2.45) is 0 Å². The molecule has 1 aliphatic heterocycles. The van der Waals surface area contributed by atoms with E-state index in [4.69, 9.17) is 9.97 Å². The molecule has 0 aliphatic carbocycles. The summed E-state index contributed by atoms with van der Waals surface area (Å²) in [5.74, 6) is 0. The van der Waals surface area contributed by atoms with Gasteiger partial charge in [-0.3, -0.25) is 4.98 Å². The minimum atomic E-state index is -3.15. The molecular weight excluding hydrogens is 913 g/mol. The van der Waals surface area contributed by atoms with Gasteiger partial charge in [0.2, 0.25) is 0 Å². The van der Waals surface area contributed by atoms with Crippen LogP contribution in [0.4, 0.5) is 17.1 Å². The molecule has 0 bridgehead atoms. The van der Waals surface area contributed by atoms with E-state index < -0.39 is 8.07 Å². The Morgan fingerprint density at radius 1 is 0.485 bits per heavy atom. The van der Waals surface area contributed by atoms with Crippen LogP contribution in [0, 0.1) is 12.1 Å². The summed E-state index contributed by atoms with van der Waals surface area (Å²) in [6, 6.07) is 79.0. The van der Waals surface area contributed by atoms with Crippen LogP contribution < -0.4 is 25.6 Å².